The van der Waals surface area contributed by atoms with Crippen LogP contribution in [0.25, 0.3) is 0 Å². The molecule has 1 aromatic heterocycles. The van der Waals surface area contributed by atoms with Crippen LogP contribution in [-0.2, 0) is 22.6 Å². The van der Waals surface area contributed by atoms with E-state index in [0.29, 0.717) is 11.6 Å². The van der Waals surface area contributed by atoms with Crippen LogP contribution in [-0.4, -0.2) is 34.4 Å². The highest BCUT2D eigenvalue weighted by Gasteiger charge is 2.35. The number of amides is 2. The summed E-state index contributed by atoms with van der Waals surface area (Å²) in [6.07, 6.45) is 0.981. The van der Waals surface area contributed by atoms with Gasteiger partial charge in [0.05, 0.1) is 12.5 Å². The van der Waals surface area contributed by atoms with Gasteiger partial charge in [0.15, 0.2) is 5.69 Å². The summed E-state index contributed by atoms with van der Waals surface area (Å²) in [6, 6.07) is 7.71. The van der Waals surface area contributed by atoms with Crippen molar-refractivity contribution >= 4 is 34.8 Å². The second-order valence-electron chi connectivity index (χ2n) is 6.04. The largest absolute Gasteiger partial charge is 0.476 e. The number of carboxylic acid groups (broad SMARTS) is 1. The molecule has 0 saturated carbocycles. The number of aromatic carboxylic acids is 1. The van der Waals surface area contributed by atoms with E-state index in [4.69, 9.17) is 5.11 Å². The summed E-state index contributed by atoms with van der Waals surface area (Å²) in [4.78, 5) is 41.2. The van der Waals surface area contributed by atoms with Gasteiger partial charge in [-0.3, -0.25) is 9.59 Å². The Morgan fingerprint density at radius 3 is 2.85 bits per heavy atom. The molecule has 0 aliphatic carbocycles. The van der Waals surface area contributed by atoms with E-state index in [-0.39, 0.29) is 30.5 Å². The molecule has 1 fully saturated rings. The lowest BCUT2D eigenvalue weighted by Crippen LogP contribution is -2.32. The molecule has 7 nitrogen and oxygen atoms in total. The molecule has 8 heteroatoms. The van der Waals surface area contributed by atoms with Crippen LogP contribution in [0.5, 0.6) is 0 Å². The molecule has 2 N–H and O–H groups in total. The average Bonchev–Trinajstić information content (AvgIpc) is 3.26. The summed E-state index contributed by atoms with van der Waals surface area (Å²) in [5, 5.41) is 13.6. The van der Waals surface area contributed by atoms with Crippen LogP contribution < -0.4 is 10.2 Å². The number of anilines is 1. The van der Waals surface area contributed by atoms with Gasteiger partial charge >= 0.3 is 5.97 Å². The zero-order valence-electron chi connectivity index (χ0n) is 14.3. The monoisotopic (exact) mass is 373 g/mol. The molecule has 0 bridgehead atoms. The van der Waals surface area contributed by atoms with E-state index in [1.807, 2.05) is 31.2 Å². The van der Waals surface area contributed by atoms with E-state index in [2.05, 4.69) is 10.3 Å². The molecule has 0 radical (unpaired) electrons. The quantitative estimate of drug-likeness (QED) is 0.807. The number of carbonyl (C=O) groups is 3. The van der Waals surface area contributed by atoms with Gasteiger partial charge in [0.25, 0.3) is 0 Å². The fourth-order valence-electron chi connectivity index (χ4n) is 2.99. The molecule has 136 valence electrons. The number of thiazole rings is 1. The minimum atomic E-state index is -1.09. The lowest BCUT2D eigenvalue weighted by molar-refractivity contribution is -0.126. The molecular weight excluding hydrogens is 354 g/mol. The molecule has 2 aromatic rings. The first-order valence-electron chi connectivity index (χ1n) is 8.33. The van der Waals surface area contributed by atoms with Crippen molar-refractivity contribution < 1.29 is 19.5 Å². The standard InChI is InChI=1S/C18H19N3O4S/c1-2-11-5-3-4-6-14(11)21-9-12(7-16(21)22)17(23)19-8-15-20-13(10-26-15)18(24)25/h3-6,10,12H,2,7-9H2,1H3,(H,19,23)(H,24,25)/t12-/m1/s1. The van der Waals surface area contributed by atoms with Gasteiger partial charge in [0, 0.05) is 24.0 Å². The Hall–Kier alpha value is -2.74. The molecule has 26 heavy (non-hydrogen) atoms. The number of rotatable bonds is 6. The van der Waals surface area contributed by atoms with Gasteiger partial charge in [-0.2, -0.15) is 0 Å². The predicted octanol–water partition coefficient (Wildman–Crippen LogP) is 2.07. The first kappa shape index (κ1) is 18.1. The van der Waals surface area contributed by atoms with Crippen LogP contribution in [0.3, 0.4) is 0 Å². The van der Waals surface area contributed by atoms with E-state index in [1.54, 1.807) is 4.90 Å². The SMILES string of the molecule is CCc1ccccc1N1C[C@H](C(=O)NCc2nc(C(=O)O)cs2)CC1=O. The van der Waals surface area contributed by atoms with Crippen molar-refractivity contribution in [1.29, 1.82) is 0 Å². The van der Waals surface area contributed by atoms with E-state index < -0.39 is 11.9 Å². The minimum absolute atomic E-state index is 0.0300. The fourth-order valence-corrected chi connectivity index (χ4v) is 3.69. The maximum Gasteiger partial charge on any atom is 0.355 e. The topological polar surface area (TPSA) is 99.6 Å². The zero-order chi connectivity index (χ0) is 18.7. The van der Waals surface area contributed by atoms with Gasteiger partial charge in [-0.25, -0.2) is 9.78 Å². The Balaban J connectivity index is 1.62. The number of para-hydroxylation sites is 1. The normalized spacial score (nSPS) is 16.7. The molecule has 1 atom stereocenters. The lowest BCUT2D eigenvalue weighted by atomic mass is 10.1. The van der Waals surface area contributed by atoms with Crippen LogP contribution in [0.15, 0.2) is 29.6 Å². The second-order valence-corrected chi connectivity index (χ2v) is 6.98. The third-order valence-electron chi connectivity index (χ3n) is 4.34. The van der Waals surface area contributed by atoms with Gasteiger partial charge in [-0.05, 0) is 18.1 Å². The number of nitrogens with one attached hydrogen (secondary N) is 1. The van der Waals surface area contributed by atoms with Crippen molar-refractivity contribution in [3.8, 4) is 0 Å². The van der Waals surface area contributed by atoms with Crippen LogP contribution >= 0.6 is 11.3 Å². The Morgan fingerprint density at radius 2 is 2.15 bits per heavy atom. The number of aryl methyl sites for hydroxylation is 1. The molecule has 3 rings (SSSR count). The highest BCUT2D eigenvalue weighted by atomic mass is 32.1. The van der Waals surface area contributed by atoms with E-state index in [0.717, 1.165) is 17.7 Å². The number of nitrogens with zero attached hydrogens (tertiary/aromatic N) is 2. The Bertz CT molecular complexity index is 848. The number of aromatic nitrogens is 1. The second kappa shape index (κ2) is 7.65. The molecule has 1 aliphatic rings. The Labute approximate surface area is 154 Å². The van der Waals surface area contributed by atoms with Crippen molar-refractivity contribution in [1.82, 2.24) is 10.3 Å². The van der Waals surface area contributed by atoms with Crippen molar-refractivity contribution in [2.24, 2.45) is 5.92 Å². The van der Waals surface area contributed by atoms with Gasteiger partial charge < -0.3 is 15.3 Å². The molecule has 1 aromatic carbocycles. The highest BCUT2D eigenvalue weighted by Crippen LogP contribution is 2.28. The smallest absolute Gasteiger partial charge is 0.355 e. The minimum Gasteiger partial charge on any atom is -0.476 e. The summed E-state index contributed by atoms with van der Waals surface area (Å²) in [5.41, 5.74) is 1.91. The summed E-state index contributed by atoms with van der Waals surface area (Å²) < 4.78 is 0. The number of carboxylic acids is 1. The van der Waals surface area contributed by atoms with Crippen molar-refractivity contribution in [3.63, 3.8) is 0 Å². The summed E-state index contributed by atoms with van der Waals surface area (Å²) in [7, 11) is 0. The molecular formula is C18H19N3O4S. The molecule has 2 amide bonds. The first-order chi connectivity index (χ1) is 12.5. The predicted molar refractivity (Wildman–Crippen MR) is 97.2 cm³/mol. The van der Waals surface area contributed by atoms with E-state index >= 15 is 0 Å². The molecule has 0 spiro atoms. The molecule has 1 aliphatic heterocycles. The van der Waals surface area contributed by atoms with Crippen LogP contribution in [0, 0.1) is 5.92 Å². The van der Waals surface area contributed by atoms with E-state index in [1.165, 1.54) is 16.7 Å². The lowest BCUT2D eigenvalue weighted by Gasteiger charge is -2.19. The number of hydrogen-bond acceptors (Lipinski definition) is 5. The number of benzene rings is 1. The number of hydrogen-bond donors (Lipinski definition) is 2. The maximum absolute atomic E-state index is 12.4. The Morgan fingerprint density at radius 1 is 1.38 bits per heavy atom. The van der Waals surface area contributed by atoms with Crippen molar-refractivity contribution in [3.05, 3.63) is 45.9 Å². The van der Waals surface area contributed by atoms with E-state index in [9.17, 15) is 14.4 Å². The highest BCUT2D eigenvalue weighted by molar-refractivity contribution is 7.09. The Kier molecular flexibility index (Phi) is 5.32. The van der Waals surface area contributed by atoms with Crippen molar-refractivity contribution in [2.75, 3.05) is 11.4 Å². The maximum atomic E-state index is 12.4. The van der Waals surface area contributed by atoms with Crippen molar-refractivity contribution in [2.45, 2.75) is 26.3 Å². The summed E-state index contributed by atoms with van der Waals surface area (Å²) in [5.74, 6) is -1.80. The third-order valence-corrected chi connectivity index (χ3v) is 5.19. The van der Waals surface area contributed by atoms with Gasteiger partial charge in [0.1, 0.15) is 5.01 Å². The molecule has 0 unspecified atom stereocenters. The van der Waals surface area contributed by atoms with Gasteiger partial charge in [-0.1, -0.05) is 25.1 Å². The average molecular weight is 373 g/mol. The third kappa shape index (κ3) is 3.75. The van der Waals surface area contributed by atoms with Crippen LogP contribution in [0.2, 0.25) is 0 Å². The van der Waals surface area contributed by atoms with Crippen LogP contribution in [0.1, 0.15) is 34.4 Å². The van der Waals surface area contributed by atoms with Gasteiger partial charge in [-0.15, -0.1) is 11.3 Å². The summed E-state index contributed by atoms with van der Waals surface area (Å²) >= 11 is 1.18. The van der Waals surface area contributed by atoms with Crippen LogP contribution in [0.4, 0.5) is 5.69 Å². The first-order valence-corrected chi connectivity index (χ1v) is 9.21. The number of carbonyl (C=O) groups excluding carboxylic acids is 2. The molecule has 1 saturated heterocycles. The molecule has 2 heterocycles. The summed E-state index contributed by atoms with van der Waals surface area (Å²) in [6.45, 7) is 2.54. The zero-order valence-corrected chi connectivity index (χ0v) is 15.1. The van der Waals surface area contributed by atoms with Gasteiger partial charge in [0.2, 0.25) is 11.8 Å². The fraction of sp³-hybridized carbons (Fsp3) is 0.333.